The molecule has 0 radical (unpaired) electrons. The van der Waals surface area contributed by atoms with Gasteiger partial charge in [-0.15, -0.1) is 11.8 Å². The highest BCUT2D eigenvalue weighted by atomic mass is 32.2. The zero-order chi connectivity index (χ0) is 15.2. The summed E-state index contributed by atoms with van der Waals surface area (Å²) in [5.41, 5.74) is 1.73. The fourth-order valence-corrected chi connectivity index (χ4v) is 2.11. The van der Waals surface area contributed by atoms with Crippen LogP contribution in [0.15, 0.2) is 35.2 Å². The first-order valence-corrected chi connectivity index (χ1v) is 8.11. The molecule has 0 bridgehead atoms. The Morgan fingerprint density at radius 2 is 1.85 bits per heavy atom. The fraction of sp³-hybridized carbons (Fsp3) is 0.471. The summed E-state index contributed by atoms with van der Waals surface area (Å²) in [5.74, 6) is -0.242. The Morgan fingerprint density at radius 1 is 1.25 bits per heavy atom. The summed E-state index contributed by atoms with van der Waals surface area (Å²) in [7, 11) is 0. The summed E-state index contributed by atoms with van der Waals surface area (Å²) < 4.78 is 5.17. The van der Waals surface area contributed by atoms with Gasteiger partial charge in [0, 0.05) is 4.90 Å². The molecule has 20 heavy (non-hydrogen) atoms. The van der Waals surface area contributed by atoms with Gasteiger partial charge in [0.05, 0.1) is 12.2 Å². The minimum Gasteiger partial charge on any atom is -0.462 e. The van der Waals surface area contributed by atoms with Crippen LogP contribution in [0.2, 0.25) is 0 Å². The van der Waals surface area contributed by atoms with Crippen LogP contribution in [-0.2, 0) is 9.53 Å². The van der Waals surface area contributed by atoms with Crippen LogP contribution in [0, 0.1) is 5.41 Å². The second-order valence-electron chi connectivity index (χ2n) is 5.83. The SMILES string of the molecule is CCOC(=O)C(=CCC(C)(C)C)c1ccc(SC)cc1. The van der Waals surface area contributed by atoms with Gasteiger partial charge < -0.3 is 4.74 Å². The van der Waals surface area contributed by atoms with Crippen molar-refractivity contribution in [3.63, 3.8) is 0 Å². The van der Waals surface area contributed by atoms with Crippen LogP contribution in [0.4, 0.5) is 0 Å². The topological polar surface area (TPSA) is 26.3 Å². The normalized spacial score (nSPS) is 12.3. The molecule has 0 fully saturated rings. The second-order valence-corrected chi connectivity index (χ2v) is 6.71. The van der Waals surface area contributed by atoms with E-state index in [0.717, 1.165) is 12.0 Å². The summed E-state index contributed by atoms with van der Waals surface area (Å²) in [6.07, 6.45) is 4.87. The van der Waals surface area contributed by atoms with Crippen molar-refractivity contribution in [1.82, 2.24) is 0 Å². The van der Waals surface area contributed by atoms with Crippen LogP contribution in [0.3, 0.4) is 0 Å². The van der Waals surface area contributed by atoms with Crippen molar-refractivity contribution in [3.05, 3.63) is 35.9 Å². The van der Waals surface area contributed by atoms with Gasteiger partial charge in [-0.2, -0.15) is 0 Å². The van der Waals surface area contributed by atoms with E-state index in [1.54, 1.807) is 11.8 Å². The first-order chi connectivity index (χ1) is 9.37. The summed E-state index contributed by atoms with van der Waals surface area (Å²) >= 11 is 1.69. The molecule has 1 aromatic carbocycles. The number of hydrogen-bond donors (Lipinski definition) is 0. The predicted molar refractivity (Wildman–Crippen MR) is 86.9 cm³/mol. The lowest BCUT2D eigenvalue weighted by Gasteiger charge is -2.16. The van der Waals surface area contributed by atoms with Gasteiger partial charge in [0.1, 0.15) is 0 Å². The number of esters is 1. The third-order valence-electron chi connectivity index (χ3n) is 2.81. The highest BCUT2D eigenvalue weighted by Crippen LogP contribution is 2.25. The predicted octanol–water partition coefficient (Wildman–Crippen LogP) is 4.79. The average molecular weight is 292 g/mol. The lowest BCUT2D eigenvalue weighted by Crippen LogP contribution is -2.09. The largest absolute Gasteiger partial charge is 0.462 e. The molecule has 0 heterocycles. The molecular formula is C17H24O2S. The van der Waals surface area contributed by atoms with Gasteiger partial charge >= 0.3 is 5.97 Å². The standard InChI is InChI=1S/C17H24O2S/c1-6-19-16(18)15(11-12-17(2,3)4)13-7-9-14(20-5)10-8-13/h7-11H,6,12H2,1-5H3. The third kappa shape index (κ3) is 5.41. The maximum absolute atomic E-state index is 12.1. The van der Waals surface area contributed by atoms with Crippen molar-refractivity contribution >= 4 is 23.3 Å². The number of carbonyl (C=O) groups excluding carboxylic acids is 1. The number of rotatable bonds is 5. The molecule has 0 aliphatic heterocycles. The van der Waals surface area contributed by atoms with E-state index in [2.05, 4.69) is 20.8 Å². The van der Waals surface area contributed by atoms with Gasteiger partial charge in [0.25, 0.3) is 0 Å². The Hall–Kier alpha value is -1.22. The molecular weight excluding hydrogens is 268 g/mol. The minimum absolute atomic E-state index is 0.150. The molecule has 0 unspecified atom stereocenters. The molecule has 0 aromatic heterocycles. The summed E-state index contributed by atoms with van der Waals surface area (Å²) in [6, 6.07) is 8.03. The molecule has 0 saturated heterocycles. The zero-order valence-electron chi connectivity index (χ0n) is 13.0. The quantitative estimate of drug-likeness (QED) is 0.443. The third-order valence-corrected chi connectivity index (χ3v) is 3.56. The molecule has 2 nitrogen and oxygen atoms in total. The first kappa shape index (κ1) is 16.8. The van der Waals surface area contributed by atoms with E-state index < -0.39 is 0 Å². The van der Waals surface area contributed by atoms with Crippen LogP contribution in [-0.4, -0.2) is 18.8 Å². The number of benzene rings is 1. The van der Waals surface area contributed by atoms with E-state index in [0.29, 0.717) is 12.2 Å². The first-order valence-electron chi connectivity index (χ1n) is 6.89. The highest BCUT2D eigenvalue weighted by molar-refractivity contribution is 7.98. The van der Waals surface area contributed by atoms with Gasteiger partial charge in [-0.25, -0.2) is 4.79 Å². The Labute approximate surface area is 126 Å². The molecule has 1 rings (SSSR count). The van der Waals surface area contributed by atoms with Gasteiger partial charge in [-0.1, -0.05) is 39.0 Å². The molecule has 110 valence electrons. The van der Waals surface area contributed by atoms with Crippen molar-refractivity contribution in [2.24, 2.45) is 5.41 Å². The highest BCUT2D eigenvalue weighted by Gasteiger charge is 2.15. The Morgan fingerprint density at radius 3 is 2.30 bits per heavy atom. The molecule has 3 heteroatoms. The minimum atomic E-state index is -0.242. The molecule has 0 spiro atoms. The summed E-state index contributed by atoms with van der Waals surface area (Å²) in [6.45, 7) is 8.69. The van der Waals surface area contributed by atoms with Gasteiger partial charge in [0.2, 0.25) is 0 Å². The Bertz CT molecular complexity index is 467. The summed E-state index contributed by atoms with van der Waals surface area (Å²) in [4.78, 5) is 13.3. The van der Waals surface area contributed by atoms with E-state index in [1.165, 1.54) is 4.90 Å². The van der Waals surface area contributed by atoms with Crippen molar-refractivity contribution in [1.29, 1.82) is 0 Å². The fourth-order valence-electron chi connectivity index (χ4n) is 1.71. The number of carbonyl (C=O) groups is 1. The van der Waals surface area contributed by atoms with Crippen molar-refractivity contribution in [2.45, 2.75) is 39.0 Å². The molecule has 0 aliphatic carbocycles. The maximum Gasteiger partial charge on any atom is 0.338 e. The molecule has 0 saturated carbocycles. The monoisotopic (exact) mass is 292 g/mol. The second kappa shape index (κ2) is 7.53. The Balaban J connectivity index is 3.05. The number of hydrogen-bond acceptors (Lipinski definition) is 3. The van der Waals surface area contributed by atoms with E-state index in [-0.39, 0.29) is 11.4 Å². The number of allylic oxidation sites excluding steroid dienone is 1. The van der Waals surface area contributed by atoms with Gasteiger partial charge in [-0.3, -0.25) is 0 Å². The van der Waals surface area contributed by atoms with Crippen LogP contribution in [0.1, 0.15) is 39.7 Å². The molecule has 0 aliphatic rings. The van der Waals surface area contributed by atoms with Crippen LogP contribution < -0.4 is 0 Å². The number of thioether (sulfide) groups is 1. The van der Waals surface area contributed by atoms with Crippen LogP contribution >= 0.6 is 11.8 Å². The molecule has 1 aromatic rings. The molecule has 0 atom stereocenters. The van der Waals surface area contributed by atoms with Crippen molar-refractivity contribution < 1.29 is 9.53 Å². The van der Waals surface area contributed by atoms with Crippen LogP contribution in [0.5, 0.6) is 0 Å². The van der Waals surface area contributed by atoms with Crippen molar-refractivity contribution in [3.8, 4) is 0 Å². The molecule has 0 amide bonds. The lowest BCUT2D eigenvalue weighted by atomic mass is 9.90. The maximum atomic E-state index is 12.1. The van der Waals surface area contributed by atoms with E-state index in [9.17, 15) is 4.79 Å². The van der Waals surface area contributed by atoms with E-state index in [1.807, 2.05) is 43.5 Å². The van der Waals surface area contributed by atoms with Crippen LogP contribution in [0.25, 0.3) is 5.57 Å². The Kier molecular flexibility index (Phi) is 6.34. The lowest BCUT2D eigenvalue weighted by molar-refractivity contribution is -0.136. The average Bonchev–Trinajstić information content (AvgIpc) is 2.38. The van der Waals surface area contributed by atoms with Crippen molar-refractivity contribution in [2.75, 3.05) is 12.9 Å². The van der Waals surface area contributed by atoms with Gasteiger partial charge in [-0.05, 0) is 42.7 Å². The zero-order valence-corrected chi connectivity index (χ0v) is 13.8. The number of ether oxygens (including phenoxy) is 1. The van der Waals surface area contributed by atoms with E-state index in [4.69, 9.17) is 4.74 Å². The van der Waals surface area contributed by atoms with E-state index >= 15 is 0 Å². The smallest absolute Gasteiger partial charge is 0.338 e. The molecule has 0 N–H and O–H groups in total. The summed E-state index contributed by atoms with van der Waals surface area (Å²) in [5, 5.41) is 0. The van der Waals surface area contributed by atoms with Gasteiger partial charge in [0.15, 0.2) is 0 Å².